The highest BCUT2D eigenvalue weighted by molar-refractivity contribution is 5.95. The van der Waals surface area contributed by atoms with Gasteiger partial charge in [-0.05, 0) is 43.7 Å². The van der Waals surface area contributed by atoms with Gasteiger partial charge in [-0.15, -0.1) is 12.4 Å². The first-order chi connectivity index (χ1) is 11.6. The fraction of sp³-hybridized carbons (Fsp3) is 0.562. The number of amides is 2. The molecule has 3 heterocycles. The topological polar surface area (TPSA) is 107 Å². The predicted octanol–water partition coefficient (Wildman–Crippen LogP) is 1.68. The molecule has 1 saturated heterocycles. The van der Waals surface area contributed by atoms with E-state index in [0.29, 0.717) is 29.8 Å². The van der Waals surface area contributed by atoms with Gasteiger partial charge in [0.2, 0.25) is 0 Å². The third kappa shape index (κ3) is 3.50. The number of halogens is 1. The molecular formula is C16H21ClN4O4. The van der Waals surface area contributed by atoms with Gasteiger partial charge in [0, 0.05) is 6.04 Å². The third-order valence-electron chi connectivity index (χ3n) is 4.91. The molecule has 3 aliphatic rings. The second-order valence-corrected chi connectivity index (χ2v) is 6.56. The van der Waals surface area contributed by atoms with Crippen LogP contribution in [0.4, 0.5) is 16.4 Å². The van der Waals surface area contributed by atoms with Crippen LogP contribution in [0.25, 0.3) is 0 Å². The molecule has 3 N–H and O–H groups in total. The molecule has 8 nitrogen and oxygen atoms in total. The maximum atomic E-state index is 12.2. The zero-order valence-corrected chi connectivity index (χ0v) is 14.5. The van der Waals surface area contributed by atoms with E-state index in [4.69, 9.17) is 15.2 Å². The van der Waals surface area contributed by atoms with E-state index >= 15 is 0 Å². The second kappa shape index (κ2) is 7.05. The highest BCUT2D eigenvalue weighted by Crippen LogP contribution is 2.34. The third-order valence-corrected chi connectivity index (χ3v) is 4.91. The summed E-state index contributed by atoms with van der Waals surface area (Å²) in [6.07, 6.45) is 3.38. The van der Waals surface area contributed by atoms with Gasteiger partial charge < -0.3 is 20.5 Å². The largest absolute Gasteiger partial charge is 0.480 e. The normalized spacial score (nSPS) is 28.4. The highest BCUT2D eigenvalue weighted by Gasteiger charge is 2.39. The fourth-order valence-corrected chi connectivity index (χ4v) is 3.54. The Bertz CT molecular complexity index is 678. The lowest BCUT2D eigenvalue weighted by Crippen LogP contribution is -2.34. The summed E-state index contributed by atoms with van der Waals surface area (Å²) in [5.74, 6) is 1.39. The van der Waals surface area contributed by atoms with Crippen molar-refractivity contribution in [2.24, 2.45) is 11.7 Å². The first kappa shape index (κ1) is 17.8. The van der Waals surface area contributed by atoms with Crippen molar-refractivity contribution in [2.75, 3.05) is 23.4 Å². The van der Waals surface area contributed by atoms with Crippen LogP contribution in [0.5, 0.6) is 5.75 Å². The molecule has 2 fully saturated rings. The molecule has 2 aliphatic heterocycles. The molecule has 25 heavy (non-hydrogen) atoms. The van der Waals surface area contributed by atoms with E-state index in [9.17, 15) is 9.59 Å². The number of cyclic esters (lactones) is 1. The van der Waals surface area contributed by atoms with Crippen molar-refractivity contribution in [2.45, 2.75) is 37.8 Å². The molecule has 1 atom stereocenters. The van der Waals surface area contributed by atoms with Gasteiger partial charge in [0.05, 0.1) is 6.54 Å². The van der Waals surface area contributed by atoms with Crippen molar-refractivity contribution in [3.8, 4) is 5.75 Å². The van der Waals surface area contributed by atoms with Crippen molar-refractivity contribution in [1.82, 2.24) is 4.98 Å². The minimum absolute atomic E-state index is 0. The minimum Gasteiger partial charge on any atom is -0.480 e. The number of pyridine rings is 1. The highest BCUT2D eigenvalue weighted by atomic mass is 35.5. The van der Waals surface area contributed by atoms with Crippen molar-refractivity contribution < 1.29 is 19.1 Å². The van der Waals surface area contributed by atoms with Crippen LogP contribution < -0.4 is 20.7 Å². The second-order valence-electron chi connectivity index (χ2n) is 6.56. The van der Waals surface area contributed by atoms with Crippen LogP contribution in [0.1, 0.15) is 25.7 Å². The minimum atomic E-state index is -0.398. The summed E-state index contributed by atoms with van der Waals surface area (Å²) in [6, 6.07) is 3.68. The summed E-state index contributed by atoms with van der Waals surface area (Å²) in [5.41, 5.74) is 5.94. The van der Waals surface area contributed by atoms with Crippen LogP contribution in [0.3, 0.4) is 0 Å². The quantitative estimate of drug-likeness (QED) is 0.822. The number of aromatic nitrogens is 1. The van der Waals surface area contributed by atoms with E-state index in [2.05, 4.69) is 10.3 Å². The summed E-state index contributed by atoms with van der Waals surface area (Å²) < 4.78 is 10.8. The van der Waals surface area contributed by atoms with Gasteiger partial charge in [-0.1, -0.05) is 0 Å². The van der Waals surface area contributed by atoms with Gasteiger partial charge in [0.15, 0.2) is 18.2 Å². The van der Waals surface area contributed by atoms with Crippen molar-refractivity contribution in [1.29, 1.82) is 0 Å². The fourth-order valence-electron chi connectivity index (χ4n) is 3.54. The molecule has 1 aromatic heterocycles. The molecule has 1 unspecified atom stereocenters. The standard InChI is InChI=1S/C16H20N4O4.ClH/c17-10-3-1-9(2-4-10)12-7-20(16(22)24-12)13-6-5-11-15(18-13)19-14(21)8-23-11;/h5-6,9-10,12H,1-4,7-8,17H2,(H,18,19,21);1H/t9-,10-,12?;. The van der Waals surface area contributed by atoms with Gasteiger partial charge in [-0.3, -0.25) is 9.69 Å². The Balaban J connectivity index is 0.00000182. The molecule has 9 heteroatoms. The van der Waals surface area contributed by atoms with E-state index in [-0.39, 0.29) is 37.1 Å². The summed E-state index contributed by atoms with van der Waals surface area (Å²) in [6.45, 7) is 0.449. The van der Waals surface area contributed by atoms with Crippen LogP contribution in [-0.2, 0) is 9.53 Å². The SMILES string of the molecule is Cl.N[C@H]1CC[C@H](C2CN(c3ccc4c(n3)NC(=O)CO4)C(=O)O2)CC1. The van der Waals surface area contributed by atoms with E-state index < -0.39 is 6.09 Å². The average Bonchev–Trinajstić information content (AvgIpc) is 2.96. The molecule has 1 aliphatic carbocycles. The summed E-state index contributed by atoms with van der Waals surface area (Å²) in [7, 11) is 0. The average molecular weight is 369 g/mol. The number of hydrogen-bond acceptors (Lipinski definition) is 6. The number of nitrogens with two attached hydrogens (primary N) is 1. The number of anilines is 2. The Hall–Kier alpha value is -2.06. The van der Waals surface area contributed by atoms with Gasteiger partial charge in [0.25, 0.3) is 5.91 Å². The molecule has 0 aromatic carbocycles. The Morgan fingerprint density at radius 3 is 2.72 bits per heavy atom. The van der Waals surface area contributed by atoms with Gasteiger partial charge in [0.1, 0.15) is 11.9 Å². The number of nitrogens with zero attached hydrogens (tertiary/aromatic N) is 2. The summed E-state index contributed by atoms with van der Waals surface area (Å²) >= 11 is 0. The van der Waals surface area contributed by atoms with Gasteiger partial charge in [-0.25, -0.2) is 9.78 Å². The maximum Gasteiger partial charge on any atom is 0.415 e. The van der Waals surface area contributed by atoms with Gasteiger partial charge >= 0.3 is 6.09 Å². The Morgan fingerprint density at radius 1 is 1.20 bits per heavy atom. The molecule has 136 valence electrons. The first-order valence-electron chi connectivity index (χ1n) is 8.27. The summed E-state index contributed by atoms with van der Waals surface area (Å²) in [4.78, 5) is 29.5. The Morgan fingerprint density at radius 2 is 1.96 bits per heavy atom. The number of carbonyl (C=O) groups is 2. The van der Waals surface area contributed by atoms with E-state index in [1.807, 2.05) is 0 Å². The van der Waals surface area contributed by atoms with Crippen LogP contribution in [0.15, 0.2) is 12.1 Å². The molecule has 0 radical (unpaired) electrons. The Kier molecular flexibility index (Phi) is 5.01. The van der Waals surface area contributed by atoms with Crippen molar-refractivity contribution in [3.63, 3.8) is 0 Å². The monoisotopic (exact) mass is 368 g/mol. The number of nitrogens with one attached hydrogen (secondary N) is 1. The molecule has 1 saturated carbocycles. The number of fused-ring (bicyclic) bond motifs is 1. The van der Waals surface area contributed by atoms with Crippen molar-refractivity contribution in [3.05, 3.63) is 12.1 Å². The molecule has 0 bridgehead atoms. The number of hydrogen-bond donors (Lipinski definition) is 2. The lowest BCUT2D eigenvalue weighted by atomic mass is 9.83. The van der Waals surface area contributed by atoms with Crippen molar-refractivity contribution >= 4 is 36.0 Å². The van der Waals surface area contributed by atoms with Gasteiger partial charge in [-0.2, -0.15) is 0 Å². The Labute approximate surface area is 151 Å². The smallest absolute Gasteiger partial charge is 0.415 e. The van der Waals surface area contributed by atoms with Crippen LogP contribution in [0.2, 0.25) is 0 Å². The number of carbonyl (C=O) groups excluding carboxylic acids is 2. The predicted molar refractivity (Wildman–Crippen MR) is 93.2 cm³/mol. The molecule has 0 spiro atoms. The van der Waals surface area contributed by atoms with Crippen LogP contribution >= 0.6 is 12.4 Å². The lowest BCUT2D eigenvalue weighted by Gasteiger charge is -2.28. The van der Waals surface area contributed by atoms with Crippen LogP contribution in [-0.4, -0.2) is 42.3 Å². The molecule has 1 aromatic rings. The maximum absolute atomic E-state index is 12.2. The van der Waals surface area contributed by atoms with E-state index in [0.717, 1.165) is 25.7 Å². The molecule has 2 amide bonds. The zero-order chi connectivity index (χ0) is 16.7. The van der Waals surface area contributed by atoms with E-state index in [1.165, 1.54) is 4.90 Å². The zero-order valence-electron chi connectivity index (χ0n) is 13.6. The molecular weight excluding hydrogens is 348 g/mol. The summed E-state index contributed by atoms with van der Waals surface area (Å²) in [5, 5.41) is 2.65. The molecule has 4 rings (SSSR count). The van der Waals surface area contributed by atoms with Crippen LogP contribution in [0, 0.1) is 5.92 Å². The van der Waals surface area contributed by atoms with E-state index in [1.54, 1.807) is 12.1 Å². The first-order valence-corrected chi connectivity index (χ1v) is 8.27. The number of rotatable bonds is 2. The number of ether oxygens (including phenoxy) is 2. The lowest BCUT2D eigenvalue weighted by molar-refractivity contribution is -0.118.